The van der Waals surface area contributed by atoms with Crippen molar-refractivity contribution in [2.24, 2.45) is 0 Å². The van der Waals surface area contributed by atoms with Gasteiger partial charge in [0, 0.05) is 6.42 Å². The average Bonchev–Trinajstić information content (AvgIpc) is 2.99. The van der Waals surface area contributed by atoms with Gasteiger partial charge in [0.15, 0.2) is 0 Å². The van der Waals surface area contributed by atoms with Gasteiger partial charge in [0.25, 0.3) is 0 Å². The highest BCUT2D eigenvalue weighted by Crippen LogP contribution is 2.20. The van der Waals surface area contributed by atoms with E-state index in [4.69, 9.17) is 4.74 Å². The Bertz CT molecular complexity index is 915. The average molecular weight is 351 g/mol. The number of nitrogens with zero attached hydrogens (tertiary/aromatic N) is 2. The van der Waals surface area contributed by atoms with Crippen LogP contribution in [0.1, 0.15) is 30.3 Å². The zero-order chi connectivity index (χ0) is 18.5. The summed E-state index contributed by atoms with van der Waals surface area (Å²) in [5.41, 5.74) is 4.34. The molecule has 2 aromatic carbocycles. The van der Waals surface area contributed by atoms with Crippen LogP contribution in [-0.2, 0) is 17.9 Å². The lowest BCUT2D eigenvalue weighted by Gasteiger charge is -2.13. The molecule has 0 aliphatic heterocycles. The van der Waals surface area contributed by atoms with Crippen LogP contribution < -0.4 is 10.1 Å². The SMILES string of the molecule is CCC(=O)NCc1nc2ccccc2n1CCOc1ccc(C)cc1C. The van der Waals surface area contributed by atoms with Crippen LogP contribution in [0.25, 0.3) is 11.0 Å². The molecule has 3 rings (SSSR count). The first-order chi connectivity index (χ1) is 12.6. The number of rotatable bonds is 7. The Kier molecular flexibility index (Phi) is 5.56. The maximum atomic E-state index is 11.6. The molecule has 3 aromatic rings. The first kappa shape index (κ1) is 18.0. The fourth-order valence-electron chi connectivity index (χ4n) is 3.02. The lowest BCUT2D eigenvalue weighted by Crippen LogP contribution is -2.24. The molecule has 0 saturated carbocycles. The number of imidazole rings is 1. The van der Waals surface area contributed by atoms with E-state index in [0.717, 1.165) is 28.2 Å². The number of ether oxygens (including phenoxy) is 1. The summed E-state index contributed by atoms with van der Waals surface area (Å²) in [5.74, 6) is 1.77. The van der Waals surface area contributed by atoms with Gasteiger partial charge < -0.3 is 14.6 Å². The number of para-hydroxylation sites is 2. The first-order valence-electron chi connectivity index (χ1n) is 8.99. The number of nitrogens with one attached hydrogen (secondary N) is 1. The third-order valence-electron chi connectivity index (χ3n) is 4.40. The number of carbonyl (C=O) groups is 1. The van der Waals surface area contributed by atoms with Gasteiger partial charge in [0.05, 0.1) is 24.1 Å². The van der Waals surface area contributed by atoms with Crippen LogP contribution in [-0.4, -0.2) is 22.1 Å². The minimum absolute atomic E-state index is 0.0233. The summed E-state index contributed by atoms with van der Waals surface area (Å²) in [7, 11) is 0. The fourth-order valence-corrected chi connectivity index (χ4v) is 3.02. The molecule has 0 spiro atoms. The summed E-state index contributed by atoms with van der Waals surface area (Å²) < 4.78 is 8.10. The topological polar surface area (TPSA) is 56.2 Å². The van der Waals surface area contributed by atoms with Crippen molar-refractivity contribution in [3.8, 4) is 5.75 Å². The highest BCUT2D eigenvalue weighted by Gasteiger charge is 2.11. The molecule has 5 nitrogen and oxygen atoms in total. The van der Waals surface area contributed by atoms with E-state index in [0.29, 0.717) is 26.1 Å². The number of aryl methyl sites for hydroxylation is 2. The molecule has 0 atom stereocenters. The Morgan fingerprint density at radius 3 is 2.77 bits per heavy atom. The summed E-state index contributed by atoms with van der Waals surface area (Å²) in [4.78, 5) is 16.3. The molecule has 0 radical (unpaired) electrons. The lowest BCUT2D eigenvalue weighted by molar-refractivity contribution is -0.120. The van der Waals surface area contributed by atoms with Crippen molar-refractivity contribution in [1.82, 2.24) is 14.9 Å². The number of benzene rings is 2. The Morgan fingerprint density at radius 1 is 1.19 bits per heavy atom. The third-order valence-corrected chi connectivity index (χ3v) is 4.40. The summed E-state index contributed by atoms with van der Waals surface area (Å²) >= 11 is 0. The summed E-state index contributed by atoms with van der Waals surface area (Å²) in [6.07, 6.45) is 0.468. The van der Waals surface area contributed by atoms with Crippen molar-refractivity contribution in [2.45, 2.75) is 40.3 Å². The fraction of sp³-hybridized carbons (Fsp3) is 0.333. The quantitative estimate of drug-likeness (QED) is 0.705. The molecule has 1 amide bonds. The van der Waals surface area contributed by atoms with Crippen LogP contribution in [0.5, 0.6) is 5.75 Å². The predicted molar refractivity (Wildman–Crippen MR) is 103 cm³/mol. The van der Waals surface area contributed by atoms with Crippen LogP contribution in [0, 0.1) is 13.8 Å². The Balaban J connectivity index is 1.75. The van der Waals surface area contributed by atoms with Crippen molar-refractivity contribution < 1.29 is 9.53 Å². The normalized spacial score (nSPS) is 10.9. The molecule has 0 unspecified atom stereocenters. The Hall–Kier alpha value is -2.82. The van der Waals surface area contributed by atoms with E-state index in [1.165, 1.54) is 5.56 Å². The molecular weight excluding hydrogens is 326 g/mol. The summed E-state index contributed by atoms with van der Waals surface area (Å²) in [5, 5.41) is 2.91. The molecule has 0 bridgehead atoms. The van der Waals surface area contributed by atoms with Crippen molar-refractivity contribution in [3.05, 3.63) is 59.4 Å². The van der Waals surface area contributed by atoms with Gasteiger partial charge in [-0.05, 0) is 37.6 Å². The van der Waals surface area contributed by atoms with Gasteiger partial charge in [0.1, 0.15) is 18.2 Å². The molecule has 1 N–H and O–H groups in total. The molecule has 0 saturated heterocycles. The number of hydrogen-bond donors (Lipinski definition) is 1. The maximum absolute atomic E-state index is 11.6. The third kappa shape index (κ3) is 4.04. The van der Waals surface area contributed by atoms with E-state index in [-0.39, 0.29) is 5.91 Å². The number of amides is 1. The van der Waals surface area contributed by atoms with Gasteiger partial charge in [-0.1, -0.05) is 36.8 Å². The molecule has 26 heavy (non-hydrogen) atoms. The number of aromatic nitrogens is 2. The van der Waals surface area contributed by atoms with Crippen LogP contribution in [0.2, 0.25) is 0 Å². The molecule has 5 heteroatoms. The van der Waals surface area contributed by atoms with Crippen LogP contribution >= 0.6 is 0 Å². The molecule has 1 heterocycles. The molecular formula is C21H25N3O2. The van der Waals surface area contributed by atoms with Gasteiger partial charge in [-0.3, -0.25) is 4.79 Å². The zero-order valence-electron chi connectivity index (χ0n) is 15.6. The minimum atomic E-state index is 0.0233. The van der Waals surface area contributed by atoms with E-state index in [2.05, 4.69) is 40.8 Å². The van der Waals surface area contributed by atoms with E-state index >= 15 is 0 Å². The zero-order valence-corrected chi connectivity index (χ0v) is 15.6. The molecule has 0 aliphatic carbocycles. The monoisotopic (exact) mass is 351 g/mol. The largest absolute Gasteiger partial charge is 0.491 e. The second-order valence-corrected chi connectivity index (χ2v) is 6.42. The van der Waals surface area contributed by atoms with Crippen molar-refractivity contribution in [3.63, 3.8) is 0 Å². The van der Waals surface area contributed by atoms with E-state index in [9.17, 15) is 4.79 Å². The van der Waals surface area contributed by atoms with Gasteiger partial charge in [-0.2, -0.15) is 0 Å². The summed E-state index contributed by atoms with van der Waals surface area (Å²) in [6, 6.07) is 14.2. The second-order valence-electron chi connectivity index (χ2n) is 6.42. The molecule has 0 fully saturated rings. The van der Waals surface area contributed by atoms with Gasteiger partial charge in [-0.15, -0.1) is 0 Å². The predicted octanol–water partition coefficient (Wildman–Crippen LogP) is 3.76. The number of fused-ring (bicyclic) bond motifs is 1. The van der Waals surface area contributed by atoms with Crippen molar-refractivity contribution >= 4 is 16.9 Å². The van der Waals surface area contributed by atoms with E-state index < -0.39 is 0 Å². The minimum Gasteiger partial charge on any atom is -0.491 e. The van der Waals surface area contributed by atoms with Gasteiger partial charge in [0.2, 0.25) is 5.91 Å². The Labute approximate surface area is 154 Å². The highest BCUT2D eigenvalue weighted by molar-refractivity contribution is 5.77. The Morgan fingerprint density at radius 2 is 2.00 bits per heavy atom. The van der Waals surface area contributed by atoms with E-state index in [1.807, 2.05) is 37.3 Å². The van der Waals surface area contributed by atoms with Crippen molar-refractivity contribution in [2.75, 3.05) is 6.61 Å². The van der Waals surface area contributed by atoms with Gasteiger partial charge >= 0.3 is 0 Å². The smallest absolute Gasteiger partial charge is 0.220 e. The molecule has 136 valence electrons. The second kappa shape index (κ2) is 8.04. The highest BCUT2D eigenvalue weighted by atomic mass is 16.5. The van der Waals surface area contributed by atoms with E-state index in [1.54, 1.807) is 0 Å². The van der Waals surface area contributed by atoms with Crippen LogP contribution in [0.4, 0.5) is 0 Å². The lowest BCUT2D eigenvalue weighted by atomic mass is 10.1. The summed E-state index contributed by atoms with van der Waals surface area (Å²) in [6.45, 7) is 7.61. The first-order valence-corrected chi connectivity index (χ1v) is 8.99. The molecule has 0 aliphatic rings. The molecule has 1 aromatic heterocycles. The van der Waals surface area contributed by atoms with Crippen molar-refractivity contribution in [1.29, 1.82) is 0 Å². The van der Waals surface area contributed by atoms with Crippen LogP contribution in [0.3, 0.4) is 0 Å². The van der Waals surface area contributed by atoms with Crippen LogP contribution in [0.15, 0.2) is 42.5 Å². The number of hydrogen-bond acceptors (Lipinski definition) is 3. The standard InChI is InChI=1S/C21H25N3O2/c1-4-21(25)22-14-20-23-17-7-5-6-8-18(17)24(20)11-12-26-19-10-9-15(2)13-16(19)3/h5-10,13H,4,11-12,14H2,1-3H3,(H,22,25). The number of carbonyl (C=O) groups excluding carboxylic acids is 1. The van der Waals surface area contributed by atoms with Gasteiger partial charge in [-0.25, -0.2) is 4.98 Å². The maximum Gasteiger partial charge on any atom is 0.220 e.